The Morgan fingerprint density at radius 1 is 1.29 bits per heavy atom. The number of nitrogens with zero attached hydrogens (tertiary/aromatic N) is 1. The van der Waals surface area contributed by atoms with E-state index in [0.717, 1.165) is 36.8 Å². The summed E-state index contributed by atoms with van der Waals surface area (Å²) in [6.07, 6.45) is 2.97. The maximum atomic E-state index is 12.9. The molecule has 24 heavy (non-hydrogen) atoms. The zero-order valence-corrected chi connectivity index (χ0v) is 14.0. The molecule has 0 aliphatic rings. The van der Waals surface area contributed by atoms with E-state index in [4.69, 9.17) is 0 Å². The second-order valence-electron chi connectivity index (χ2n) is 5.69. The molecule has 1 amide bonds. The molecule has 0 spiro atoms. The average Bonchev–Trinajstić information content (AvgIpc) is 2.46. The molecule has 0 unspecified atom stereocenters. The van der Waals surface area contributed by atoms with Crippen LogP contribution in [0.25, 0.3) is 0 Å². The minimum absolute atomic E-state index is 0.172. The van der Waals surface area contributed by atoms with Crippen LogP contribution in [0.1, 0.15) is 12.5 Å². The third-order valence-electron chi connectivity index (χ3n) is 3.27. The van der Waals surface area contributed by atoms with Gasteiger partial charge in [-0.15, -0.1) is 0 Å². The molecule has 128 valence electrons. The van der Waals surface area contributed by atoms with Gasteiger partial charge in [-0.25, -0.2) is 12.8 Å². The molecule has 2 rings (SSSR count). The molecule has 0 radical (unpaired) electrons. The van der Waals surface area contributed by atoms with Crippen LogP contribution in [0.15, 0.2) is 47.6 Å². The van der Waals surface area contributed by atoms with Gasteiger partial charge in [0.05, 0.1) is 22.5 Å². The van der Waals surface area contributed by atoms with Crippen LogP contribution < -0.4 is 5.32 Å². The lowest BCUT2D eigenvalue weighted by Crippen LogP contribution is -2.45. The smallest absolute Gasteiger partial charge is 0.257 e. The number of amides is 1. The van der Waals surface area contributed by atoms with E-state index in [-0.39, 0.29) is 4.90 Å². The predicted octanol–water partition coefficient (Wildman–Crippen LogP) is 1.69. The van der Waals surface area contributed by atoms with Crippen molar-refractivity contribution in [2.75, 3.05) is 11.1 Å². The SMILES string of the molecule is Cc1cncc(NC(=O)[C@@](C)(O)CS(=O)(=O)c2ccc(F)cc2)c1. The predicted molar refractivity (Wildman–Crippen MR) is 86.7 cm³/mol. The second kappa shape index (κ2) is 6.66. The van der Waals surface area contributed by atoms with E-state index in [9.17, 15) is 22.7 Å². The Kier molecular flexibility index (Phi) is 5.00. The van der Waals surface area contributed by atoms with Gasteiger partial charge in [-0.3, -0.25) is 9.78 Å². The first-order valence-electron chi connectivity index (χ1n) is 7.04. The van der Waals surface area contributed by atoms with E-state index in [1.54, 1.807) is 19.2 Å². The van der Waals surface area contributed by atoms with Crippen LogP contribution in [-0.4, -0.2) is 35.8 Å². The fourth-order valence-corrected chi connectivity index (χ4v) is 3.64. The Morgan fingerprint density at radius 3 is 2.50 bits per heavy atom. The topological polar surface area (TPSA) is 96.4 Å². The van der Waals surface area contributed by atoms with Crippen molar-refractivity contribution in [3.8, 4) is 0 Å². The Hall–Kier alpha value is -2.32. The molecule has 0 aliphatic carbocycles. The van der Waals surface area contributed by atoms with Gasteiger partial charge in [0.2, 0.25) is 0 Å². The number of aryl methyl sites for hydroxylation is 1. The number of aliphatic hydroxyl groups is 1. The van der Waals surface area contributed by atoms with Crippen LogP contribution >= 0.6 is 0 Å². The molecule has 0 saturated carbocycles. The molecule has 0 saturated heterocycles. The number of hydrogen-bond acceptors (Lipinski definition) is 5. The van der Waals surface area contributed by atoms with Crippen LogP contribution in [0.5, 0.6) is 0 Å². The molecule has 6 nitrogen and oxygen atoms in total. The van der Waals surface area contributed by atoms with Crippen molar-refractivity contribution in [3.63, 3.8) is 0 Å². The van der Waals surface area contributed by atoms with Crippen LogP contribution in [-0.2, 0) is 14.6 Å². The summed E-state index contributed by atoms with van der Waals surface area (Å²) < 4.78 is 37.5. The van der Waals surface area contributed by atoms with Gasteiger partial charge in [-0.1, -0.05) is 0 Å². The first-order valence-corrected chi connectivity index (χ1v) is 8.69. The number of anilines is 1. The van der Waals surface area contributed by atoms with Crippen LogP contribution in [0.3, 0.4) is 0 Å². The minimum atomic E-state index is -3.97. The first kappa shape index (κ1) is 18.0. The highest BCUT2D eigenvalue weighted by molar-refractivity contribution is 7.91. The molecule has 1 aromatic carbocycles. The molecule has 1 aromatic heterocycles. The number of hydrogen-bond donors (Lipinski definition) is 2. The summed E-state index contributed by atoms with van der Waals surface area (Å²) in [5.41, 5.74) is -1.03. The largest absolute Gasteiger partial charge is 0.379 e. The van der Waals surface area contributed by atoms with Crippen LogP contribution in [0.2, 0.25) is 0 Å². The monoisotopic (exact) mass is 352 g/mol. The first-order chi connectivity index (χ1) is 11.1. The summed E-state index contributed by atoms with van der Waals surface area (Å²) in [6, 6.07) is 5.81. The van der Waals surface area contributed by atoms with Gasteiger partial charge in [0.15, 0.2) is 15.4 Å². The van der Waals surface area contributed by atoms with Crippen molar-refractivity contribution in [1.29, 1.82) is 0 Å². The van der Waals surface area contributed by atoms with E-state index < -0.39 is 32.9 Å². The van der Waals surface area contributed by atoms with E-state index in [1.165, 1.54) is 6.20 Å². The Labute approximate surface area is 139 Å². The molecule has 2 aromatic rings. The Balaban J connectivity index is 2.17. The minimum Gasteiger partial charge on any atom is -0.379 e. The molecular formula is C16H17FN2O4S. The highest BCUT2D eigenvalue weighted by Gasteiger charge is 2.36. The van der Waals surface area contributed by atoms with Crippen molar-refractivity contribution in [1.82, 2.24) is 4.98 Å². The lowest BCUT2D eigenvalue weighted by atomic mass is 10.1. The van der Waals surface area contributed by atoms with Crippen molar-refractivity contribution in [3.05, 3.63) is 54.1 Å². The third kappa shape index (κ3) is 4.36. The summed E-state index contributed by atoms with van der Waals surface area (Å²) in [6.45, 7) is 2.88. The number of carbonyl (C=O) groups excluding carboxylic acids is 1. The molecule has 0 fully saturated rings. The lowest BCUT2D eigenvalue weighted by molar-refractivity contribution is -0.130. The summed E-state index contributed by atoms with van der Waals surface area (Å²) in [7, 11) is -3.97. The van der Waals surface area contributed by atoms with Crippen LogP contribution in [0, 0.1) is 12.7 Å². The average molecular weight is 352 g/mol. The molecule has 0 bridgehead atoms. The maximum Gasteiger partial charge on any atom is 0.257 e. The molecule has 1 atom stereocenters. The van der Waals surface area contributed by atoms with Gasteiger partial charge in [0, 0.05) is 6.20 Å². The fraction of sp³-hybridized carbons (Fsp3) is 0.250. The second-order valence-corrected chi connectivity index (χ2v) is 7.68. The maximum absolute atomic E-state index is 12.9. The van der Waals surface area contributed by atoms with Crippen molar-refractivity contribution in [2.24, 2.45) is 0 Å². The Morgan fingerprint density at radius 2 is 1.92 bits per heavy atom. The van der Waals surface area contributed by atoms with Gasteiger partial charge in [-0.2, -0.15) is 0 Å². The summed E-state index contributed by atoms with van der Waals surface area (Å²) in [5, 5.41) is 12.7. The quantitative estimate of drug-likeness (QED) is 0.799. The number of pyridine rings is 1. The van der Waals surface area contributed by atoms with Crippen molar-refractivity contribution in [2.45, 2.75) is 24.3 Å². The van der Waals surface area contributed by atoms with Gasteiger partial charge in [0.25, 0.3) is 5.91 Å². The van der Waals surface area contributed by atoms with Gasteiger partial charge >= 0.3 is 0 Å². The van der Waals surface area contributed by atoms with E-state index >= 15 is 0 Å². The van der Waals surface area contributed by atoms with Crippen LogP contribution in [0.4, 0.5) is 10.1 Å². The van der Waals surface area contributed by atoms with Gasteiger partial charge < -0.3 is 10.4 Å². The van der Waals surface area contributed by atoms with Crippen molar-refractivity contribution >= 4 is 21.4 Å². The zero-order valence-electron chi connectivity index (χ0n) is 13.2. The van der Waals surface area contributed by atoms with Gasteiger partial charge in [-0.05, 0) is 49.7 Å². The number of halogens is 1. The Bertz CT molecular complexity index is 849. The number of sulfone groups is 1. The normalized spacial score (nSPS) is 14.0. The summed E-state index contributed by atoms with van der Waals surface area (Å²) in [5.74, 6) is -2.29. The molecule has 2 N–H and O–H groups in total. The summed E-state index contributed by atoms with van der Waals surface area (Å²) >= 11 is 0. The number of aromatic nitrogens is 1. The van der Waals surface area contributed by atoms with E-state index in [0.29, 0.717) is 5.69 Å². The van der Waals surface area contributed by atoms with Crippen molar-refractivity contribution < 1.29 is 22.7 Å². The number of carbonyl (C=O) groups is 1. The highest BCUT2D eigenvalue weighted by atomic mass is 32.2. The molecular weight excluding hydrogens is 335 g/mol. The molecule has 0 aliphatic heterocycles. The van der Waals surface area contributed by atoms with Gasteiger partial charge in [0.1, 0.15) is 5.82 Å². The van der Waals surface area contributed by atoms with E-state index in [2.05, 4.69) is 10.3 Å². The third-order valence-corrected chi connectivity index (χ3v) is 5.20. The number of nitrogens with one attached hydrogen (secondary N) is 1. The standard InChI is InChI=1S/C16H17FN2O4S/c1-11-7-13(9-18-8-11)19-15(20)16(2,21)10-24(22,23)14-5-3-12(17)4-6-14/h3-9,21H,10H2,1-2H3,(H,19,20)/t16-/m0/s1. The highest BCUT2D eigenvalue weighted by Crippen LogP contribution is 2.19. The zero-order chi connectivity index (χ0) is 18.0. The number of benzene rings is 1. The molecule has 8 heteroatoms. The lowest BCUT2D eigenvalue weighted by Gasteiger charge is -2.22. The van der Waals surface area contributed by atoms with E-state index in [1.807, 2.05) is 0 Å². The molecule has 1 heterocycles. The number of rotatable bonds is 5. The summed E-state index contributed by atoms with van der Waals surface area (Å²) in [4.78, 5) is 15.9. The fourth-order valence-electron chi connectivity index (χ4n) is 2.05.